The molecule has 0 radical (unpaired) electrons. The monoisotopic (exact) mass is 323 g/mol. The molecule has 0 bridgehead atoms. The number of hydrogen-bond donors (Lipinski definition) is 1. The van der Waals surface area contributed by atoms with Gasteiger partial charge in [0.15, 0.2) is 11.5 Å². The molecule has 0 aromatic heterocycles. The summed E-state index contributed by atoms with van der Waals surface area (Å²) in [6.45, 7) is 2.73. The van der Waals surface area contributed by atoms with E-state index in [0.717, 1.165) is 12.8 Å². The van der Waals surface area contributed by atoms with Gasteiger partial charge in [-0.2, -0.15) is 0 Å². The molecule has 0 atom stereocenters. The van der Waals surface area contributed by atoms with Crippen LogP contribution in [0, 0.1) is 0 Å². The number of carbonyl (C=O) groups is 1. The van der Waals surface area contributed by atoms with Crippen molar-refractivity contribution in [1.29, 1.82) is 0 Å². The molecule has 1 aliphatic carbocycles. The Hall–Kier alpha value is -2.11. The molecular weight excluding hydrogens is 298 g/mol. The molecule has 1 aromatic carbocycles. The highest BCUT2D eigenvalue weighted by atomic mass is 16.5. The standard InChI is InChI=1S/C17H25NO5/c1-5-18(11-8-6-7-9-11)14-12(17(19)20)10-13(21-2)15(22-3)16(14)23-4/h10-11H,5-9H2,1-4H3,(H,19,20). The van der Waals surface area contributed by atoms with Gasteiger partial charge in [-0.3, -0.25) is 0 Å². The van der Waals surface area contributed by atoms with Crippen LogP contribution in [0.25, 0.3) is 0 Å². The van der Waals surface area contributed by atoms with Gasteiger partial charge in [0.2, 0.25) is 5.75 Å². The summed E-state index contributed by atoms with van der Waals surface area (Å²) in [7, 11) is 4.53. The first-order chi connectivity index (χ1) is 11.1. The Labute approximate surface area is 136 Å². The third-order valence-electron chi connectivity index (χ3n) is 4.43. The second-order valence-corrected chi connectivity index (χ2v) is 5.57. The number of carboxylic acid groups (broad SMARTS) is 1. The van der Waals surface area contributed by atoms with E-state index in [1.54, 1.807) is 0 Å². The van der Waals surface area contributed by atoms with E-state index in [0.29, 0.717) is 35.5 Å². The van der Waals surface area contributed by atoms with Crippen LogP contribution in [-0.2, 0) is 0 Å². The number of anilines is 1. The lowest BCUT2D eigenvalue weighted by atomic mass is 10.1. The van der Waals surface area contributed by atoms with E-state index < -0.39 is 5.97 Å². The van der Waals surface area contributed by atoms with Gasteiger partial charge in [-0.05, 0) is 19.8 Å². The SMILES string of the molecule is CCN(c1c(C(=O)O)cc(OC)c(OC)c1OC)C1CCCC1. The fourth-order valence-electron chi connectivity index (χ4n) is 3.40. The lowest BCUT2D eigenvalue weighted by molar-refractivity contribution is 0.0696. The average molecular weight is 323 g/mol. The van der Waals surface area contributed by atoms with Crippen LogP contribution in [0.3, 0.4) is 0 Å². The van der Waals surface area contributed by atoms with E-state index >= 15 is 0 Å². The van der Waals surface area contributed by atoms with Gasteiger partial charge in [-0.15, -0.1) is 0 Å². The number of rotatable bonds is 7. The van der Waals surface area contributed by atoms with E-state index in [4.69, 9.17) is 14.2 Å². The minimum Gasteiger partial charge on any atom is -0.493 e. The van der Waals surface area contributed by atoms with Gasteiger partial charge >= 0.3 is 5.97 Å². The smallest absolute Gasteiger partial charge is 0.338 e. The second-order valence-electron chi connectivity index (χ2n) is 5.57. The summed E-state index contributed by atoms with van der Waals surface area (Å²) in [5.74, 6) is 0.188. The van der Waals surface area contributed by atoms with Gasteiger partial charge in [0, 0.05) is 18.7 Å². The van der Waals surface area contributed by atoms with Crippen LogP contribution in [0.15, 0.2) is 6.07 Å². The molecule has 0 unspecified atom stereocenters. The maximum Gasteiger partial charge on any atom is 0.338 e. The third kappa shape index (κ3) is 3.16. The Bertz CT molecular complexity index is 567. The lowest BCUT2D eigenvalue weighted by Gasteiger charge is -2.33. The van der Waals surface area contributed by atoms with Crippen molar-refractivity contribution in [1.82, 2.24) is 0 Å². The van der Waals surface area contributed by atoms with Crippen molar-refractivity contribution in [2.45, 2.75) is 38.6 Å². The first kappa shape index (κ1) is 17.2. The van der Waals surface area contributed by atoms with Crippen LogP contribution in [0.1, 0.15) is 43.0 Å². The maximum absolute atomic E-state index is 11.8. The van der Waals surface area contributed by atoms with Gasteiger partial charge in [0.25, 0.3) is 0 Å². The van der Waals surface area contributed by atoms with Crippen LogP contribution < -0.4 is 19.1 Å². The zero-order valence-electron chi connectivity index (χ0n) is 14.2. The molecular formula is C17H25NO5. The van der Waals surface area contributed by atoms with Gasteiger partial charge in [0.05, 0.1) is 32.6 Å². The fraction of sp³-hybridized carbons (Fsp3) is 0.588. The van der Waals surface area contributed by atoms with Crippen molar-refractivity contribution < 1.29 is 24.1 Å². The van der Waals surface area contributed by atoms with Gasteiger partial charge < -0.3 is 24.2 Å². The zero-order valence-corrected chi connectivity index (χ0v) is 14.2. The summed E-state index contributed by atoms with van der Waals surface area (Å²) in [6, 6.07) is 1.83. The van der Waals surface area contributed by atoms with E-state index in [1.807, 2.05) is 6.92 Å². The summed E-state index contributed by atoms with van der Waals surface area (Å²) in [6.07, 6.45) is 4.45. The second kappa shape index (κ2) is 7.44. The number of hydrogen-bond acceptors (Lipinski definition) is 5. The lowest BCUT2D eigenvalue weighted by Crippen LogP contribution is -2.34. The number of methoxy groups -OCH3 is 3. The number of ether oxygens (including phenoxy) is 3. The largest absolute Gasteiger partial charge is 0.493 e. The molecule has 0 saturated heterocycles. The molecule has 0 amide bonds. The van der Waals surface area contributed by atoms with Gasteiger partial charge in [-0.1, -0.05) is 12.8 Å². The number of carboxylic acids is 1. The third-order valence-corrected chi connectivity index (χ3v) is 4.43. The zero-order chi connectivity index (χ0) is 17.0. The first-order valence-electron chi connectivity index (χ1n) is 7.91. The van der Waals surface area contributed by atoms with Crippen LogP contribution in [-0.4, -0.2) is 45.0 Å². The van der Waals surface area contributed by atoms with Crippen LogP contribution in [0.2, 0.25) is 0 Å². The predicted molar refractivity (Wildman–Crippen MR) is 88.3 cm³/mol. The molecule has 23 heavy (non-hydrogen) atoms. The molecule has 1 saturated carbocycles. The fourth-order valence-corrected chi connectivity index (χ4v) is 3.40. The molecule has 1 aromatic rings. The molecule has 6 nitrogen and oxygen atoms in total. The van der Waals surface area contributed by atoms with Gasteiger partial charge in [0.1, 0.15) is 0 Å². The summed E-state index contributed by atoms with van der Waals surface area (Å²) in [5.41, 5.74) is 0.750. The number of benzene rings is 1. The van der Waals surface area contributed by atoms with Crippen molar-refractivity contribution in [3.05, 3.63) is 11.6 Å². The van der Waals surface area contributed by atoms with E-state index in [2.05, 4.69) is 4.90 Å². The van der Waals surface area contributed by atoms with Crippen molar-refractivity contribution >= 4 is 11.7 Å². The minimum absolute atomic E-state index is 0.174. The highest BCUT2D eigenvalue weighted by Gasteiger charge is 2.31. The molecule has 6 heteroatoms. The highest BCUT2D eigenvalue weighted by molar-refractivity contribution is 5.98. The Morgan fingerprint density at radius 2 is 1.78 bits per heavy atom. The molecule has 0 heterocycles. The van der Waals surface area contributed by atoms with Crippen molar-refractivity contribution in [2.24, 2.45) is 0 Å². The molecule has 1 aliphatic rings. The van der Waals surface area contributed by atoms with Crippen LogP contribution >= 0.6 is 0 Å². The predicted octanol–water partition coefficient (Wildman–Crippen LogP) is 3.18. The normalized spacial score (nSPS) is 14.6. The van der Waals surface area contributed by atoms with E-state index in [9.17, 15) is 9.90 Å². The number of aromatic carboxylic acids is 1. The molecule has 2 rings (SSSR count). The summed E-state index contributed by atoms with van der Waals surface area (Å²) in [4.78, 5) is 13.9. The molecule has 1 fully saturated rings. The highest BCUT2D eigenvalue weighted by Crippen LogP contribution is 2.48. The first-order valence-corrected chi connectivity index (χ1v) is 7.91. The summed E-state index contributed by atoms with van der Waals surface area (Å²) >= 11 is 0. The van der Waals surface area contributed by atoms with Crippen molar-refractivity contribution in [3.63, 3.8) is 0 Å². The van der Waals surface area contributed by atoms with Crippen molar-refractivity contribution in [2.75, 3.05) is 32.8 Å². The molecule has 1 N–H and O–H groups in total. The van der Waals surface area contributed by atoms with Gasteiger partial charge in [-0.25, -0.2) is 4.79 Å². The topological polar surface area (TPSA) is 68.2 Å². The van der Waals surface area contributed by atoms with Crippen LogP contribution in [0.5, 0.6) is 17.2 Å². The Morgan fingerprint density at radius 3 is 2.22 bits per heavy atom. The Balaban J connectivity index is 2.68. The quantitative estimate of drug-likeness (QED) is 0.831. The van der Waals surface area contributed by atoms with Crippen molar-refractivity contribution in [3.8, 4) is 17.2 Å². The van der Waals surface area contributed by atoms with E-state index in [-0.39, 0.29) is 5.56 Å². The Kier molecular flexibility index (Phi) is 5.58. The summed E-state index contributed by atoms with van der Waals surface area (Å²) in [5, 5.41) is 9.68. The molecule has 0 aliphatic heterocycles. The average Bonchev–Trinajstić information content (AvgIpc) is 3.08. The van der Waals surface area contributed by atoms with E-state index in [1.165, 1.54) is 40.2 Å². The van der Waals surface area contributed by atoms with Crippen LogP contribution in [0.4, 0.5) is 5.69 Å². The minimum atomic E-state index is -1.00. The summed E-state index contributed by atoms with van der Waals surface area (Å²) < 4.78 is 16.2. The maximum atomic E-state index is 11.8. The molecule has 128 valence electrons. The number of nitrogens with zero attached hydrogens (tertiary/aromatic N) is 1. The molecule has 0 spiro atoms. The Morgan fingerprint density at radius 1 is 1.17 bits per heavy atom.